The minimum absolute atomic E-state index is 0.133. The molecule has 4 heteroatoms. The van der Waals surface area contributed by atoms with E-state index in [4.69, 9.17) is 4.74 Å². The van der Waals surface area contributed by atoms with E-state index in [9.17, 15) is 14.7 Å². The zero-order chi connectivity index (χ0) is 16.3. The predicted octanol–water partition coefficient (Wildman–Crippen LogP) is 2.81. The van der Waals surface area contributed by atoms with Gasteiger partial charge in [-0.3, -0.25) is 4.79 Å². The minimum atomic E-state index is -2.03. The molecule has 1 aliphatic rings. The standard InChI is InChI=1S/C18H22O4/c1-12(2)22-17(20)18(21,14-10-8-13(3)9-11-14)15-6-4-5-7-16(15)19/h6,8-12,21H,4-5,7H2,1-3H3. The van der Waals surface area contributed by atoms with Crippen molar-refractivity contribution in [2.24, 2.45) is 0 Å². The molecule has 1 aromatic rings. The Labute approximate surface area is 130 Å². The van der Waals surface area contributed by atoms with Crippen LogP contribution in [0.1, 0.15) is 44.2 Å². The van der Waals surface area contributed by atoms with Crippen LogP contribution < -0.4 is 0 Å². The van der Waals surface area contributed by atoms with E-state index in [0.29, 0.717) is 18.4 Å². The van der Waals surface area contributed by atoms with E-state index >= 15 is 0 Å². The SMILES string of the molecule is Cc1ccc(C(O)(C(=O)OC(C)C)C2=CCCCC2=O)cc1. The van der Waals surface area contributed by atoms with Gasteiger partial charge in [-0.25, -0.2) is 4.79 Å². The highest BCUT2D eigenvalue weighted by atomic mass is 16.6. The number of carbonyl (C=O) groups is 2. The largest absolute Gasteiger partial charge is 0.460 e. The van der Waals surface area contributed by atoms with Gasteiger partial charge < -0.3 is 9.84 Å². The maximum absolute atomic E-state index is 12.5. The zero-order valence-electron chi connectivity index (χ0n) is 13.3. The first-order chi connectivity index (χ1) is 10.4. The third-order valence-electron chi connectivity index (χ3n) is 3.75. The zero-order valence-corrected chi connectivity index (χ0v) is 13.3. The molecule has 0 radical (unpaired) electrons. The first-order valence-electron chi connectivity index (χ1n) is 7.60. The first-order valence-corrected chi connectivity index (χ1v) is 7.60. The summed E-state index contributed by atoms with van der Waals surface area (Å²) >= 11 is 0. The summed E-state index contributed by atoms with van der Waals surface area (Å²) in [5.41, 5.74) is -0.527. The number of hydrogen-bond donors (Lipinski definition) is 1. The lowest BCUT2D eigenvalue weighted by Gasteiger charge is -2.31. The molecule has 0 saturated heterocycles. The second-order valence-corrected chi connectivity index (χ2v) is 5.96. The second-order valence-electron chi connectivity index (χ2n) is 5.96. The number of hydrogen-bond acceptors (Lipinski definition) is 4. The van der Waals surface area contributed by atoms with Crippen molar-refractivity contribution >= 4 is 11.8 Å². The van der Waals surface area contributed by atoms with Gasteiger partial charge in [0.2, 0.25) is 5.60 Å². The van der Waals surface area contributed by atoms with Crippen LogP contribution in [-0.4, -0.2) is 23.0 Å². The Kier molecular flexibility index (Phi) is 4.81. The van der Waals surface area contributed by atoms with Gasteiger partial charge in [-0.05, 0) is 39.2 Å². The summed E-state index contributed by atoms with van der Waals surface area (Å²) < 4.78 is 5.22. The lowest BCUT2D eigenvalue weighted by Crippen LogP contribution is -2.43. The molecule has 0 aromatic heterocycles. The molecule has 0 bridgehead atoms. The summed E-state index contributed by atoms with van der Waals surface area (Å²) in [4.78, 5) is 24.8. The molecule has 1 unspecified atom stereocenters. The number of esters is 1. The van der Waals surface area contributed by atoms with Crippen LogP contribution in [0.15, 0.2) is 35.9 Å². The van der Waals surface area contributed by atoms with E-state index in [2.05, 4.69) is 0 Å². The highest BCUT2D eigenvalue weighted by molar-refractivity contribution is 6.05. The van der Waals surface area contributed by atoms with Crippen LogP contribution in [-0.2, 0) is 19.9 Å². The molecule has 0 amide bonds. The average Bonchev–Trinajstić information content (AvgIpc) is 2.47. The van der Waals surface area contributed by atoms with Gasteiger partial charge in [0, 0.05) is 12.0 Å². The molecular formula is C18H22O4. The molecule has 2 rings (SSSR count). The van der Waals surface area contributed by atoms with Gasteiger partial charge in [-0.15, -0.1) is 0 Å². The Bertz CT molecular complexity index is 598. The maximum atomic E-state index is 12.5. The highest BCUT2D eigenvalue weighted by Gasteiger charge is 2.46. The van der Waals surface area contributed by atoms with Crippen molar-refractivity contribution in [3.8, 4) is 0 Å². The van der Waals surface area contributed by atoms with Crippen LogP contribution >= 0.6 is 0 Å². The summed E-state index contributed by atoms with van der Waals surface area (Å²) in [5, 5.41) is 11.1. The van der Waals surface area contributed by atoms with Gasteiger partial charge in [0.1, 0.15) is 0 Å². The van der Waals surface area contributed by atoms with Gasteiger partial charge in [-0.1, -0.05) is 35.9 Å². The quantitative estimate of drug-likeness (QED) is 0.869. The molecule has 22 heavy (non-hydrogen) atoms. The Hall–Kier alpha value is -1.94. The number of Topliss-reactive ketones (excluding diaryl/α,β-unsaturated/α-hetero) is 1. The number of rotatable bonds is 4. The van der Waals surface area contributed by atoms with Crippen molar-refractivity contribution in [3.05, 3.63) is 47.0 Å². The van der Waals surface area contributed by atoms with E-state index in [1.165, 1.54) is 0 Å². The normalized spacial score (nSPS) is 17.9. The Morgan fingerprint density at radius 3 is 2.45 bits per heavy atom. The van der Waals surface area contributed by atoms with Gasteiger partial charge in [0.05, 0.1) is 6.10 Å². The van der Waals surface area contributed by atoms with Crippen LogP contribution in [0.25, 0.3) is 0 Å². The molecule has 0 spiro atoms. The van der Waals surface area contributed by atoms with Crippen LogP contribution in [0.5, 0.6) is 0 Å². The molecule has 118 valence electrons. The topological polar surface area (TPSA) is 63.6 Å². The monoisotopic (exact) mass is 302 g/mol. The number of benzene rings is 1. The van der Waals surface area contributed by atoms with E-state index < -0.39 is 11.6 Å². The molecule has 0 heterocycles. The number of allylic oxidation sites excluding steroid dienone is 1. The smallest absolute Gasteiger partial charge is 0.348 e. The molecule has 1 atom stereocenters. The average molecular weight is 302 g/mol. The molecule has 0 fully saturated rings. The Morgan fingerprint density at radius 2 is 1.91 bits per heavy atom. The minimum Gasteiger partial charge on any atom is -0.460 e. The van der Waals surface area contributed by atoms with Gasteiger partial charge in [0.25, 0.3) is 0 Å². The van der Waals surface area contributed by atoms with E-state index in [1.54, 1.807) is 44.2 Å². The number of carbonyl (C=O) groups excluding carboxylic acids is 2. The summed E-state index contributed by atoms with van der Waals surface area (Å²) in [7, 11) is 0. The van der Waals surface area contributed by atoms with Crippen LogP contribution in [0.4, 0.5) is 0 Å². The Morgan fingerprint density at radius 1 is 1.27 bits per heavy atom. The molecule has 4 nitrogen and oxygen atoms in total. The van der Waals surface area contributed by atoms with Crippen LogP contribution in [0.2, 0.25) is 0 Å². The van der Waals surface area contributed by atoms with Gasteiger partial charge in [0.15, 0.2) is 5.78 Å². The van der Waals surface area contributed by atoms with E-state index in [-0.39, 0.29) is 17.5 Å². The third kappa shape index (κ3) is 3.12. The maximum Gasteiger partial charge on any atom is 0.348 e. The van der Waals surface area contributed by atoms with E-state index in [1.807, 2.05) is 6.92 Å². The molecule has 1 N–H and O–H groups in total. The second kappa shape index (κ2) is 6.44. The van der Waals surface area contributed by atoms with Gasteiger partial charge in [-0.2, -0.15) is 0 Å². The summed E-state index contributed by atoms with van der Waals surface area (Å²) in [5.74, 6) is -0.997. The van der Waals surface area contributed by atoms with Crippen LogP contribution in [0, 0.1) is 6.92 Å². The van der Waals surface area contributed by atoms with Crippen LogP contribution in [0.3, 0.4) is 0 Å². The fraction of sp³-hybridized carbons (Fsp3) is 0.444. The number of ether oxygens (including phenoxy) is 1. The first kappa shape index (κ1) is 16.4. The van der Waals surface area contributed by atoms with Crippen molar-refractivity contribution in [2.75, 3.05) is 0 Å². The summed E-state index contributed by atoms with van der Waals surface area (Å²) in [6, 6.07) is 6.94. The van der Waals surface area contributed by atoms with E-state index in [0.717, 1.165) is 12.0 Å². The van der Waals surface area contributed by atoms with Crippen molar-refractivity contribution in [2.45, 2.75) is 51.7 Å². The number of aryl methyl sites for hydroxylation is 1. The van der Waals surface area contributed by atoms with Crippen molar-refractivity contribution < 1.29 is 19.4 Å². The lowest BCUT2D eigenvalue weighted by molar-refractivity contribution is -0.167. The Balaban J connectivity index is 2.53. The fourth-order valence-electron chi connectivity index (χ4n) is 2.58. The molecule has 0 aliphatic heterocycles. The number of aliphatic hydroxyl groups is 1. The molecule has 0 saturated carbocycles. The van der Waals surface area contributed by atoms with Crippen molar-refractivity contribution in [3.63, 3.8) is 0 Å². The molecule has 1 aliphatic carbocycles. The molecular weight excluding hydrogens is 280 g/mol. The number of ketones is 1. The van der Waals surface area contributed by atoms with Crippen molar-refractivity contribution in [1.29, 1.82) is 0 Å². The summed E-state index contributed by atoms with van der Waals surface area (Å²) in [6.45, 7) is 5.34. The lowest BCUT2D eigenvalue weighted by atomic mass is 9.79. The predicted molar refractivity (Wildman–Crippen MR) is 83.2 cm³/mol. The van der Waals surface area contributed by atoms with Gasteiger partial charge >= 0.3 is 5.97 Å². The summed E-state index contributed by atoms with van der Waals surface area (Å²) in [6.07, 6.45) is 3.04. The van der Waals surface area contributed by atoms with Crippen molar-refractivity contribution in [1.82, 2.24) is 0 Å². The molecule has 1 aromatic carbocycles. The highest BCUT2D eigenvalue weighted by Crippen LogP contribution is 2.35. The fourth-order valence-corrected chi connectivity index (χ4v) is 2.58. The third-order valence-corrected chi connectivity index (χ3v) is 3.75.